The van der Waals surface area contributed by atoms with E-state index >= 15 is 0 Å². The van der Waals surface area contributed by atoms with Crippen molar-refractivity contribution in [3.8, 4) is 11.5 Å². The van der Waals surface area contributed by atoms with Crippen molar-refractivity contribution < 1.29 is 19.4 Å². The highest BCUT2D eigenvalue weighted by atomic mass is 16.6. The molecular formula is C26H25NO4. The van der Waals surface area contributed by atoms with E-state index in [4.69, 9.17) is 9.47 Å². The molecule has 0 fully saturated rings. The predicted octanol–water partition coefficient (Wildman–Crippen LogP) is 5.75. The molecule has 0 aliphatic carbocycles. The SMILES string of the molecule is C=CC(=O)Oc1ccc(N(c2ccc(OC(O)C=C)cc2)c2cc(C)cc(C)c2)cc1. The molecule has 3 rings (SSSR count). The molecular weight excluding hydrogens is 390 g/mol. The number of nitrogens with zero attached hydrogens (tertiary/aromatic N) is 1. The minimum absolute atomic E-state index is 0.441. The third-order valence-corrected chi connectivity index (χ3v) is 4.50. The van der Waals surface area contributed by atoms with Crippen molar-refractivity contribution in [2.75, 3.05) is 4.90 Å². The lowest BCUT2D eigenvalue weighted by molar-refractivity contribution is -0.128. The van der Waals surface area contributed by atoms with Crippen molar-refractivity contribution in [3.63, 3.8) is 0 Å². The Labute approximate surface area is 182 Å². The van der Waals surface area contributed by atoms with Crippen LogP contribution in [0.2, 0.25) is 0 Å². The van der Waals surface area contributed by atoms with E-state index in [1.165, 1.54) is 6.08 Å². The number of ether oxygens (including phenoxy) is 2. The summed E-state index contributed by atoms with van der Waals surface area (Å²) in [4.78, 5) is 13.6. The molecule has 0 amide bonds. The number of carbonyl (C=O) groups is 1. The van der Waals surface area contributed by atoms with Crippen molar-refractivity contribution in [2.24, 2.45) is 0 Å². The van der Waals surface area contributed by atoms with Crippen molar-refractivity contribution in [3.05, 3.63) is 103 Å². The molecule has 0 saturated heterocycles. The molecule has 1 N–H and O–H groups in total. The predicted molar refractivity (Wildman–Crippen MR) is 123 cm³/mol. The van der Waals surface area contributed by atoms with Gasteiger partial charge in [0.2, 0.25) is 6.29 Å². The van der Waals surface area contributed by atoms with Gasteiger partial charge in [-0.1, -0.05) is 19.2 Å². The van der Waals surface area contributed by atoms with E-state index in [0.29, 0.717) is 11.5 Å². The molecule has 1 unspecified atom stereocenters. The molecule has 3 aromatic carbocycles. The number of aryl methyl sites for hydroxylation is 2. The van der Waals surface area contributed by atoms with Gasteiger partial charge in [-0.25, -0.2) is 4.79 Å². The molecule has 0 saturated carbocycles. The zero-order chi connectivity index (χ0) is 22.4. The highest BCUT2D eigenvalue weighted by molar-refractivity contribution is 5.83. The molecule has 5 heteroatoms. The lowest BCUT2D eigenvalue weighted by atomic mass is 10.1. The highest BCUT2D eigenvalue weighted by Gasteiger charge is 2.14. The van der Waals surface area contributed by atoms with Gasteiger partial charge < -0.3 is 19.5 Å². The van der Waals surface area contributed by atoms with Gasteiger partial charge in [0.15, 0.2) is 0 Å². The third-order valence-electron chi connectivity index (χ3n) is 4.50. The second kappa shape index (κ2) is 9.78. The molecule has 158 valence electrons. The van der Waals surface area contributed by atoms with E-state index in [9.17, 15) is 9.90 Å². The molecule has 31 heavy (non-hydrogen) atoms. The van der Waals surface area contributed by atoms with Crippen LogP contribution in [0.1, 0.15) is 11.1 Å². The van der Waals surface area contributed by atoms with Gasteiger partial charge in [-0.3, -0.25) is 0 Å². The molecule has 0 radical (unpaired) electrons. The van der Waals surface area contributed by atoms with E-state index in [1.807, 2.05) is 24.3 Å². The number of aliphatic hydroxyl groups is 1. The van der Waals surface area contributed by atoms with E-state index in [0.717, 1.165) is 34.3 Å². The molecule has 0 aromatic heterocycles. The largest absolute Gasteiger partial charge is 0.461 e. The molecule has 5 nitrogen and oxygen atoms in total. The van der Waals surface area contributed by atoms with E-state index in [2.05, 4.69) is 50.1 Å². The number of anilines is 3. The second-order valence-electron chi connectivity index (χ2n) is 7.04. The first-order valence-electron chi connectivity index (χ1n) is 9.79. The van der Waals surface area contributed by atoms with Gasteiger partial charge in [-0.05, 0) is 91.7 Å². The van der Waals surface area contributed by atoms with Crippen LogP contribution in [0.4, 0.5) is 17.1 Å². The van der Waals surface area contributed by atoms with Crippen LogP contribution in [0, 0.1) is 13.8 Å². The van der Waals surface area contributed by atoms with Gasteiger partial charge in [0.25, 0.3) is 0 Å². The van der Waals surface area contributed by atoms with Crippen LogP contribution in [-0.2, 0) is 4.79 Å². The minimum atomic E-state index is -1.06. The van der Waals surface area contributed by atoms with Crippen LogP contribution in [0.25, 0.3) is 0 Å². The van der Waals surface area contributed by atoms with Gasteiger partial charge in [0.05, 0.1) is 0 Å². The maximum atomic E-state index is 11.5. The fourth-order valence-corrected chi connectivity index (χ4v) is 3.21. The summed E-state index contributed by atoms with van der Waals surface area (Å²) in [5.74, 6) is 0.468. The Morgan fingerprint density at radius 3 is 1.87 bits per heavy atom. The van der Waals surface area contributed by atoms with Crippen molar-refractivity contribution >= 4 is 23.0 Å². The first-order chi connectivity index (χ1) is 14.9. The number of benzene rings is 3. The normalized spacial score (nSPS) is 11.3. The third kappa shape index (κ3) is 5.62. The molecule has 0 heterocycles. The highest BCUT2D eigenvalue weighted by Crippen LogP contribution is 2.37. The van der Waals surface area contributed by atoms with Crippen LogP contribution in [0.3, 0.4) is 0 Å². The molecule has 0 aliphatic heterocycles. The van der Waals surface area contributed by atoms with Crippen LogP contribution >= 0.6 is 0 Å². The Morgan fingerprint density at radius 1 is 0.871 bits per heavy atom. The summed E-state index contributed by atoms with van der Waals surface area (Å²) in [7, 11) is 0. The van der Waals surface area contributed by atoms with Crippen LogP contribution in [-0.4, -0.2) is 17.4 Å². The van der Waals surface area contributed by atoms with Gasteiger partial charge in [0.1, 0.15) is 11.5 Å². The van der Waals surface area contributed by atoms with Gasteiger partial charge in [-0.15, -0.1) is 0 Å². The van der Waals surface area contributed by atoms with Crippen LogP contribution in [0.5, 0.6) is 11.5 Å². The molecule has 1 atom stereocenters. The monoisotopic (exact) mass is 415 g/mol. The fraction of sp³-hybridized carbons (Fsp3) is 0.115. The molecule has 0 bridgehead atoms. The maximum absolute atomic E-state index is 11.5. The van der Waals surface area contributed by atoms with Gasteiger partial charge in [-0.2, -0.15) is 0 Å². The van der Waals surface area contributed by atoms with Crippen molar-refractivity contribution in [1.29, 1.82) is 0 Å². The van der Waals surface area contributed by atoms with E-state index in [-0.39, 0.29) is 0 Å². The van der Waals surface area contributed by atoms with Gasteiger partial charge >= 0.3 is 5.97 Å². The summed E-state index contributed by atoms with van der Waals surface area (Å²) in [5, 5.41) is 9.62. The first-order valence-corrected chi connectivity index (χ1v) is 9.79. The maximum Gasteiger partial charge on any atom is 0.335 e. The Hall–Kier alpha value is -3.83. The number of hydrogen-bond donors (Lipinski definition) is 1. The summed E-state index contributed by atoms with van der Waals surface area (Å²) >= 11 is 0. The van der Waals surface area contributed by atoms with E-state index in [1.54, 1.807) is 24.3 Å². The summed E-state index contributed by atoms with van der Waals surface area (Å²) < 4.78 is 10.6. The Morgan fingerprint density at radius 2 is 1.39 bits per heavy atom. The zero-order valence-corrected chi connectivity index (χ0v) is 17.6. The zero-order valence-electron chi connectivity index (χ0n) is 17.6. The average molecular weight is 415 g/mol. The second-order valence-corrected chi connectivity index (χ2v) is 7.04. The number of rotatable bonds is 8. The van der Waals surface area contributed by atoms with Gasteiger partial charge in [0, 0.05) is 23.1 Å². The molecule has 0 aliphatic rings. The summed E-state index contributed by atoms with van der Waals surface area (Å²) in [6, 6.07) is 21.0. The Kier molecular flexibility index (Phi) is 6.90. The smallest absolute Gasteiger partial charge is 0.335 e. The lowest BCUT2D eigenvalue weighted by Crippen LogP contribution is -2.12. The quantitative estimate of drug-likeness (QED) is 0.167. The number of hydrogen-bond acceptors (Lipinski definition) is 5. The van der Waals surface area contributed by atoms with Crippen molar-refractivity contribution in [2.45, 2.75) is 20.1 Å². The number of esters is 1. The number of carbonyl (C=O) groups excluding carboxylic acids is 1. The van der Waals surface area contributed by atoms with Crippen molar-refractivity contribution in [1.82, 2.24) is 0 Å². The van der Waals surface area contributed by atoms with Crippen LogP contribution in [0.15, 0.2) is 92.0 Å². The summed E-state index contributed by atoms with van der Waals surface area (Å²) in [5.41, 5.74) is 5.08. The summed E-state index contributed by atoms with van der Waals surface area (Å²) in [6.07, 6.45) is 1.38. The Balaban J connectivity index is 2.00. The fourth-order valence-electron chi connectivity index (χ4n) is 3.21. The number of aliphatic hydroxyl groups excluding tert-OH is 1. The Bertz CT molecular complexity index is 1050. The topological polar surface area (TPSA) is 59.0 Å². The van der Waals surface area contributed by atoms with Crippen LogP contribution < -0.4 is 14.4 Å². The average Bonchev–Trinajstić information content (AvgIpc) is 2.75. The molecule has 3 aromatic rings. The lowest BCUT2D eigenvalue weighted by Gasteiger charge is -2.26. The standard InChI is InChI=1S/C26H25NO4/c1-5-25(28)30-23-11-7-20(8-12-23)27(22-16-18(3)15-19(4)17-22)21-9-13-24(14-10-21)31-26(29)6-2/h5-17,25,28H,1-2H2,3-4H3. The van der Waals surface area contributed by atoms with E-state index < -0.39 is 12.3 Å². The molecule has 0 spiro atoms. The minimum Gasteiger partial charge on any atom is -0.461 e. The summed E-state index contributed by atoms with van der Waals surface area (Å²) in [6.45, 7) is 11.0. The first kappa shape index (κ1) is 21.9.